The molecule has 2 nitrogen and oxygen atoms in total. The molecule has 4 unspecified atom stereocenters. The Balaban J connectivity index is 1.60. The molecule has 2 bridgehead atoms. The molecule has 0 aliphatic carbocycles. The third kappa shape index (κ3) is 3.45. The van der Waals surface area contributed by atoms with E-state index in [1.165, 1.54) is 18.4 Å². The highest BCUT2D eigenvalue weighted by Gasteiger charge is 2.46. The summed E-state index contributed by atoms with van der Waals surface area (Å²) < 4.78 is 6.16. The van der Waals surface area contributed by atoms with Gasteiger partial charge in [0, 0.05) is 23.0 Å². The standard InChI is InChI=1S/C21H22Cl3NO/c1-25-15-8-9-19(25)17(12-26-20-7-3-6-18(23)21(20)24)16(11-15)13-4-2-5-14(22)10-13/h2-7,10,15-17,19H,8-9,11-12H2,1H3. The number of rotatable bonds is 4. The summed E-state index contributed by atoms with van der Waals surface area (Å²) in [6, 6.07) is 15.0. The van der Waals surface area contributed by atoms with Crippen LogP contribution in [0.1, 0.15) is 30.7 Å². The zero-order valence-corrected chi connectivity index (χ0v) is 16.9. The lowest BCUT2D eigenvalue weighted by Gasteiger charge is -2.43. The number of ether oxygens (including phenoxy) is 1. The van der Waals surface area contributed by atoms with Gasteiger partial charge in [-0.15, -0.1) is 0 Å². The molecule has 0 N–H and O–H groups in total. The lowest BCUT2D eigenvalue weighted by Crippen LogP contribution is -2.47. The van der Waals surface area contributed by atoms with Crippen LogP contribution in [0.25, 0.3) is 0 Å². The molecule has 0 radical (unpaired) electrons. The summed E-state index contributed by atoms with van der Waals surface area (Å²) in [6.07, 6.45) is 3.62. The molecule has 2 aromatic rings. The number of hydrogen-bond donors (Lipinski definition) is 0. The van der Waals surface area contributed by atoms with E-state index in [4.69, 9.17) is 39.5 Å². The molecule has 0 amide bonds. The van der Waals surface area contributed by atoms with Crippen molar-refractivity contribution in [3.8, 4) is 5.75 Å². The van der Waals surface area contributed by atoms with Crippen molar-refractivity contribution in [3.63, 3.8) is 0 Å². The molecule has 2 saturated heterocycles. The van der Waals surface area contributed by atoms with Gasteiger partial charge in [0.05, 0.1) is 11.6 Å². The van der Waals surface area contributed by atoms with Gasteiger partial charge in [-0.05, 0) is 62.1 Å². The van der Waals surface area contributed by atoms with E-state index in [0.717, 1.165) is 11.4 Å². The van der Waals surface area contributed by atoms with Crippen molar-refractivity contribution in [2.75, 3.05) is 13.7 Å². The minimum atomic E-state index is 0.396. The fourth-order valence-electron chi connectivity index (χ4n) is 4.71. The molecule has 5 heteroatoms. The first-order chi connectivity index (χ1) is 12.5. The van der Waals surface area contributed by atoms with Crippen molar-refractivity contribution in [2.45, 2.75) is 37.3 Å². The summed E-state index contributed by atoms with van der Waals surface area (Å²) in [7, 11) is 2.25. The molecule has 0 saturated carbocycles. The maximum atomic E-state index is 6.31. The summed E-state index contributed by atoms with van der Waals surface area (Å²) >= 11 is 18.7. The fourth-order valence-corrected chi connectivity index (χ4v) is 5.25. The van der Waals surface area contributed by atoms with Crippen LogP contribution in [0.5, 0.6) is 5.75 Å². The first kappa shape index (κ1) is 18.4. The van der Waals surface area contributed by atoms with E-state index in [0.29, 0.717) is 46.3 Å². The van der Waals surface area contributed by atoms with Crippen molar-refractivity contribution in [1.29, 1.82) is 0 Å². The molecule has 138 valence electrons. The molecular weight excluding hydrogens is 389 g/mol. The van der Waals surface area contributed by atoms with Crippen molar-refractivity contribution in [2.24, 2.45) is 5.92 Å². The minimum absolute atomic E-state index is 0.396. The van der Waals surface area contributed by atoms with E-state index >= 15 is 0 Å². The second kappa shape index (κ2) is 7.59. The largest absolute Gasteiger partial charge is 0.492 e. The van der Waals surface area contributed by atoms with Crippen LogP contribution >= 0.6 is 34.8 Å². The molecule has 26 heavy (non-hydrogen) atoms. The van der Waals surface area contributed by atoms with Crippen LogP contribution in [0.2, 0.25) is 15.1 Å². The minimum Gasteiger partial charge on any atom is -0.492 e. The Morgan fingerprint density at radius 2 is 1.88 bits per heavy atom. The number of halogens is 3. The highest BCUT2D eigenvalue weighted by atomic mass is 35.5. The summed E-state index contributed by atoms with van der Waals surface area (Å²) in [5.41, 5.74) is 1.31. The first-order valence-corrected chi connectivity index (χ1v) is 10.2. The smallest absolute Gasteiger partial charge is 0.139 e. The van der Waals surface area contributed by atoms with Crippen LogP contribution in [0.15, 0.2) is 42.5 Å². The number of fused-ring (bicyclic) bond motifs is 2. The molecule has 0 spiro atoms. The highest BCUT2D eigenvalue weighted by Crippen LogP contribution is 2.47. The van der Waals surface area contributed by atoms with Crippen molar-refractivity contribution < 1.29 is 4.74 Å². The van der Waals surface area contributed by atoms with E-state index in [1.54, 1.807) is 6.07 Å². The van der Waals surface area contributed by atoms with Crippen LogP contribution in [-0.2, 0) is 0 Å². The topological polar surface area (TPSA) is 12.5 Å². The molecular formula is C21H22Cl3NO. The van der Waals surface area contributed by atoms with Crippen LogP contribution in [0.4, 0.5) is 0 Å². The summed E-state index contributed by atoms with van der Waals surface area (Å²) in [6.45, 7) is 0.624. The van der Waals surface area contributed by atoms with Crippen LogP contribution in [-0.4, -0.2) is 30.6 Å². The Kier molecular flexibility index (Phi) is 5.38. The number of benzene rings is 2. The molecule has 4 atom stereocenters. The van der Waals surface area contributed by atoms with Gasteiger partial charge < -0.3 is 9.64 Å². The van der Waals surface area contributed by atoms with Gasteiger partial charge in [0.25, 0.3) is 0 Å². The van der Waals surface area contributed by atoms with Gasteiger partial charge in [0.1, 0.15) is 10.8 Å². The first-order valence-electron chi connectivity index (χ1n) is 9.09. The lowest BCUT2D eigenvalue weighted by molar-refractivity contribution is 0.0666. The summed E-state index contributed by atoms with van der Waals surface area (Å²) in [4.78, 5) is 2.54. The van der Waals surface area contributed by atoms with Gasteiger partial charge in [-0.3, -0.25) is 0 Å². The Morgan fingerprint density at radius 1 is 1.08 bits per heavy atom. The molecule has 2 aliphatic heterocycles. The maximum absolute atomic E-state index is 6.31. The van der Waals surface area contributed by atoms with Gasteiger partial charge >= 0.3 is 0 Å². The van der Waals surface area contributed by atoms with Gasteiger partial charge in [0.15, 0.2) is 0 Å². The van der Waals surface area contributed by atoms with Crippen LogP contribution in [0.3, 0.4) is 0 Å². The Hall–Kier alpha value is -0.930. The monoisotopic (exact) mass is 409 g/mol. The maximum Gasteiger partial charge on any atom is 0.139 e. The fraction of sp³-hybridized carbons (Fsp3) is 0.429. The van der Waals surface area contributed by atoms with Crippen molar-refractivity contribution >= 4 is 34.8 Å². The molecule has 2 aromatic carbocycles. The molecule has 2 aliphatic rings. The van der Waals surface area contributed by atoms with Crippen LogP contribution in [0, 0.1) is 5.92 Å². The molecule has 2 fully saturated rings. The zero-order chi connectivity index (χ0) is 18.3. The Labute approximate surface area is 170 Å². The van der Waals surface area contributed by atoms with Gasteiger partial charge in [-0.25, -0.2) is 0 Å². The van der Waals surface area contributed by atoms with Gasteiger partial charge in [-0.1, -0.05) is 53.0 Å². The second-order valence-corrected chi connectivity index (χ2v) is 8.61. The Bertz CT molecular complexity index is 797. The Morgan fingerprint density at radius 3 is 2.69 bits per heavy atom. The van der Waals surface area contributed by atoms with Gasteiger partial charge in [0.2, 0.25) is 0 Å². The SMILES string of the molecule is CN1C2CCC1C(COc1cccc(Cl)c1Cl)C(c1cccc(Cl)c1)C2. The van der Waals surface area contributed by atoms with E-state index in [2.05, 4.69) is 24.1 Å². The van der Waals surface area contributed by atoms with E-state index in [9.17, 15) is 0 Å². The summed E-state index contributed by atoms with van der Waals surface area (Å²) in [5, 5.41) is 1.81. The average Bonchev–Trinajstić information content (AvgIpc) is 2.87. The normalized spacial score (nSPS) is 28.3. The van der Waals surface area contributed by atoms with Crippen molar-refractivity contribution in [1.82, 2.24) is 4.90 Å². The second-order valence-electron chi connectivity index (χ2n) is 7.39. The third-order valence-corrected chi connectivity index (χ3v) is 7.09. The highest BCUT2D eigenvalue weighted by molar-refractivity contribution is 6.42. The number of piperidine rings is 1. The zero-order valence-electron chi connectivity index (χ0n) is 14.7. The third-order valence-electron chi connectivity index (χ3n) is 6.06. The number of hydrogen-bond acceptors (Lipinski definition) is 2. The predicted octanol–water partition coefficient (Wildman–Crippen LogP) is 6.29. The quantitative estimate of drug-likeness (QED) is 0.587. The van der Waals surface area contributed by atoms with E-state index in [1.807, 2.05) is 24.3 Å². The van der Waals surface area contributed by atoms with Crippen molar-refractivity contribution in [3.05, 3.63) is 63.1 Å². The average molecular weight is 411 g/mol. The molecule has 2 heterocycles. The van der Waals surface area contributed by atoms with E-state index < -0.39 is 0 Å². The van der Waals surface area contributed by atoms with E-state index in [-0.39, 0.29) is 0 Å². The molecule has 0 aromatic heterocycles. The van der Waals surface area contributed by atoms with Gasteiger partial charge in [-0.2, -0.15) is 0 Å². The predicted molar refractivity (Wildman–Crippen MR) is 109 cm³/mol. The lowest BCUT2D eigenvalue weighted by atomic mass is 9.76. The summed E-state index contributed by atoms with van der Waals surface area (Å²) in [5.74, 6) is 1.50. The van der Waals surface area contributed by atoms with Crippen LogP contribution < -0.4 is 4.74 Å². The number of nitrogens with zero attached hydrogens (tertiary/aromatic N) is 1. The molecule has 4 rings (SSSR count).